The third-order valence-electron chi connectivity index (χ3n) is 4.88. The van der Waals surface area contributed by atoms with E-state index in [1.807, 2.05) is 0 Å². The van der Waals surface area contributed by atoms with Crippen molar-refractivity contribution in [3.63, 3.8) is 0 Å². The van der Waals surface area contributed by atoms with E-state index < -0.39 is 0 Å². The fourth-order valence-corrected chi connectivity index (χ4v) is 3.93. The molecule has 0 unspecified atom stereocenters. The predicted octanol–water partition coefficient (Wildman–Crippen LogP) is 6.80. The van der Waals surface area contributed by atoms with E-state index in [1.165, 1.54) is 22.3 Å². The van der Waals surface area contributed by atoms with Crippen LogP contribution in [0.2, 0.25) is 0 Å². The average Bonchev–Trinajstić information content (AvgIpc) is 3.09. The van der Waals surface area contributed by atoms with Crippen LogP contribution in [-0.2, 0) is 0 Å². The Balaban J connectivity index is 1.74. The Kier molecular flexibility index (Phi) is 4.36. The van der Waals surface area contributed by atoms with Crippen LogP contribution >= 0.6 is 15.9 Å². The van der Waals surface area contributed by atoms with E-state index in [0.29, 0.717) is 11.8 Å². The number of hydrogen-bond acceptors (Lipinski definition) is 0. The van der Waals surface area contributed by atoms with E-state index in [1.54, 1.807) is 0 Å². The van der Waals surface area contributed by atoms with E-state index in [-0.39, 0.29) is 0 Å². The Bertz CT molecular complexity index is 832. The Morgan fingerprint density at radius 3 is 1.96 bits per heavy atom. The van der Waals surface area contributed by atoms with E-state index in [9.17, 15) is 0 Å². The second-order valence-corrected chi connectivity index (χ2v) is 7.27. The normalized spacial score (nSPS) is 20.0. The lowest BCUT2D eigenvalue weighted by atomic mass is 9.83. The number of rotatable bonds is 3. The largest absolute Gasteiger partial charge is 0.0725 e. The molecular weight excluding hydrogens is 356 g/mol. The molecule has 0 aliphatic heterocycles. The van der Waals surface area contributed by atoms with Gasteiger partial charge in [-0.2, -0.15) is 0 Å². The van der Waals surface area contributed by atoms with Gasteiger partial charge in [-0.05, 0) is 46.7 Å². The molecule has 0 aromatic heterocycles. The number of allylic oxidation sites excluding steroid dienone is 2. The molecule has 0 nitrogen and oxygen atoms in total. The molecule has 2 atom stereocenters. The molecule has 1 aliphatic carbocycles. The van der Waals surface area contributed by atoms with E-state index in [4.69, 9.17) is 0 Å². The minimum atomic E-state index is 0.433. The van der Waals surface area contributed by atoms with Crippen molar-refractivity contribution in [3.05, 3.63) is 112 Å². The third-order valence-corrected chi connectivity index (χ3v) is 5.41. The number of halogens is 1. The summed E-state index contributed by atoms with van der Waals surface area (Å²) in [5.41, 5.74) is 5.61. The van der Waals surface area contributed by atoms with Gasteiger partial charge in [-0.15, -0.1) is 0 Å². The first-order chi connectivity index (χ1) is 11.8. The highest BCUT2D eigenvalue weighted by Gasteiger charge is 2.30. The van der Waals surface area contributed by atoms with Gasteiger partial charge in [0.2, 0.25) is 0 Å². The SMILES string of the molecule is Brc1ccc([C@@H]2CC(c3ccccc3)=C[C@H]2c2ccccc2)cc1. The lowest BCUT2D eigenvalue weighted by Crippen LogP contribution is -2.05. The molecule has 4 rings (SSSR count). The van der Waals surface area contributed by atoms with Crippen molar-refractivity contribution in [1.82, 2.24) is 0 Å². The molecule has 24 heavy (non-hydrogen) atoms. The fraction of sp³-hybridized carbons (Fsp3) is 0.130. The monoisotopic (exact) mass is 374 g/mol. The molecule has 1 heteroatoms. The summed E-state index contributed by atoms with van der Waals surface area (Å²) in [6, 6.07) is 30.5. The summed E-state index contributed by atoms with van der Waals surface area (Å²) < 4.78 is 1.14. The van der Waals surface area contributed by atoms with Crippen LogP contribution in [0.3, 0.4) is 0 Å². The van der Waals surface area contributed by atoms with Crippen LogP contribution in [0, 0.1) is 0 Å². The molecule has 0 saturated heterocycles. The number of hydrogen-bond donors (Lipinski definition) is 0. The molecule has 0 amide bonds. The molecule has 0 heterocycles. The maximum absolute atomic E-state index is 3.55. The van der Waals surface area contributed by atoms with Gasteiger partial charge in [0.25, 0.3) is 0 Å². The smallest absolute Gasteiger partial charge is 0.0175 e. The van der Waals surface area contributed by atoms with E-state index >= 15 is 0 Å². The Hall–Kier alpha value is -2.12. The van der Waals surface area contributed by atoms with Gasteiger partial charge in [-0.3, -0.25) is 0 Å². The molecule has 0 bridgehead atoms. The highest BCUT2D eigenvalue weighted by Crippen LogP contribution is 2.47. The van der Waals surface area contributed by atoms with Crippen LogP contribution in [0.5, 0.6) is 0 Å². The van der Waals surface area contributed by atoms with Gasteiger partial charge >= 0.3 is 0 Å². The van der Waals surface area contributed by atoms with Gasteiger partial charge in [-0.1, -0.05) is 94.8 Å². The van der Waals surface area contributed by atoms with Gasteiger partial charge in [0.15, 0.2) is 0 Å². The first kappa shape index (κ1) is 15.4. The van der Waals surface area contributed by atoms with Crippen LogP contribution in [0.15, 0.2) is 95.5 Å². The molecule has 0 saturated carbocycles. The van der Waals surface area contributed by atoms with Crippen molar-refractivity contribution < 1.29 is 0 Å². The van der Waals surface area contributed by atoms with Crippen LogP contribution in [0.4, 0.5) is 0 Å². The molecule has 0 spiro atoms. The van der Waals surface area contributed by atoms with Crippen molar-refractivity contribution in [2.45, 2.75) is 18.3 Å². The Labute approximate surface area is 152 Å². The van der Waals surface area contributed by atoms with Gasteiger partial charge in [0.05, 0.1) is 0 Å². The van der Waals surface area contributed by atoms with E-state index in [0.717, 1.165) is 10.9 Å². The summed E-state index contributed by atoms with van der Waals surface area (Å²) in [6.07, 6.45) is 3.56. The van der Waals surface area contributed by atoms with Crippen molar-refractivity contribution in [2.24, 2.45) is 0 Å². The molecule has 3 aromatic rings. The minimum absolute atomic E-state index is 0.433. The van der Waals surface area contributed by atoms with Gasteiger partial charge in [0, 0.05) is 10.4 Å². The highest BCUT2D eigenvalue weighted by molar-refractivity contribution is 9.10. The summed E-state index contributed by atoms with van der Waals surface area (Å²) in [6.45, 7) is 0. The van der Waals surface area contributed by atoms with Crippen molar-refractivity contribution >= 4 is 21.5 Å². The highest BCUT2D eigenvalue weighted by atomic mass is 79.9. The maximum Gasteiger partial charge on any atom is 0.0175 e. The van der Waals surface area contributed by atoms with Crippen molar-refractivity contribution in [3.8, 4) is 0 Å². The average molecular weight is 375 g/mol. The molecule has 0 fully saturated rings. The second kappa shape index (κ2) is 6.78. The second-order valence-electron chi connectivity index (χ2n) is 6.36. The molecule has 118 valence electrons. The first-order valence-electron chi connectivity index (χ1n) is 8.38. The summed E-state index contributed by atoms with van der Waals surface area (Å²) in [7, 11) is 0. The fourth-order valence-electron chi connectivity index (χ4n) is 3.67. The van der Waals surface area contributed by atoms with Gasteiger partial charge in [0.1, 0.15) is 0 Å². The van der Waals surface area contributed by atoms with Gasteiger partial charge in [-0.25, -0.2) is 0 Å². The van der Waals surface area contributed by atoms with E-state index in [2.05, 4.69) is 107 Å². The molecule has 0 radical (unpaired) electrons. The van der Waals surface area contributed by atoms with Crippen molar-refractivity contribution in [1.29, 1.82) is 0 Å². The van der Waals surface area contributed by atoms with Crippen LogP contribution in [-0.4, -0.2) is 0 Å². The zero-order valence-electron chi connectivity index (χ0n) is 13.4. The predicted molar refractivity (Wildman–Crippen MR) is 105 cm³/mol. The third kappa shape index (κ3) is 3.09. The maximum atomic E-state index is 3.55. The molecule has 1 aliphatic rings. The number of benzene rings is 3. The zero-order chi connectivity index (χ0) is 16.4. The quantitative estimate of drug-likeness (QED) is 0.472. The summed E-state index contributed by atoms with van der Waals surface area (Å²) in [5, 5.41) is 0. The standard InChI is InChI=1S/C23H19Br/c24-21-13-11-19(12-14-21)23-16-20(17-7-3-1-4-8-17)15-22(23)18-9-5-2-6-10-18/h1-15,22-23H,16H2/t22-,23-/m0/s1. The Morgan fingerprint density at radius 2 is 1.29 bits per heavy atom. The lowest BCUT2D eigenvalue weighted by molar-refractivity contribution is 0.668. The topological polar surface area (TPSA) is 0 Å². The first-order valence-corrected chi connectivity index (χ1v) is 9.17. The minimum Gasteiger partial charge on any atom is -0.0725 e. The van der Waals surface area contributed by atoms with Crippen LogP contribution in [0.25, 0.3) is 5.57 Å². The van der Waals surface area contributed by atoms with Gasteiger partial charge < -0.3 is 0 Å². The summed E-state index contributed by atoms with van der Waals surface area (Å²) in [4.78, 5) is 0. The summed E-state index contributed by atoms with van der Waals surface area (Å²) in [5.74, 6) is 0.929. The molecule has 3 aromatic carbocycles. The van der Waals surface area contributed by atoms with Crippen LogP contribution < -0.4 is 0 Å². The summed E-state index contributed by atoms with van der Waals surface area (Å²) >= 11 is 3.55. The zero-order valence-corrected chi connectivity index (χ0v) is 15.0. The van der Waals surface area contributed by atoms with Crippen LogP contribution in [0.1, 0.15) is 34.9 Å². The van der Waals surface area contributed by atoms with Crippen molar-refractivity contribution in [2.75, 3.05) is 0 Å². The molecular formula is C23H19Br. The molecule has 0 N–H and O–H groups in total. The lowest BCUT2D eigenvalue weighted by Gasteiger charge is -2.20. The Morgan fingerprint density at radius 1 is 0.667 bits per heavy atom.